The number of carbonyl (C=O) groups excluding carboxylic acids is 1. The topological polar surface area (TPSA) is 66.9 Å². The molecule has 0 aliphatic carbocycles. The summed E-state index contributed by atoms with van der Waals surface area (Å²) >= 11 is 5.76. The second-order valence-corrected chi connectivity index (χ2v) is 4.19. The first-order valence-corrected chi connectivity index (χ1v) is 5.56. The minimum Gasteiger partial charge on any atom is -0.365 e. The normalized spacial score (nSPS) is 20.4. The zero-order valence-corrected chi connectivity index (χ0v) is 9.71. The van der Waals surface area contributed by atoms with E-state index >= 15 is 0 Å². The SMILES string of the molecule is Cc1cc(NC2CCC(=O)NC2)nc(Cl)n1. The molecule has 16 heavy (non-hydrogen) atoms. The van der Waals surface area contributed by atoms with Crippen molar-refractivity contribution in [3.63, 3.8) is 0 Å². The molecule has 1 amide bonds. The van der Waals surface area contributed by atoms with Crippen LogP contribution in [0.3, 0.4) is 0 Å². The molecule has 1 atom stereocenters. The summed E-state index contributed by atoms with van der Waals surface area (Å²) < 4.78 is 0. The fraction of sp³-hybridized carbons (Fsp3) is 0.500. The van der Waals surface area contributed by atoms with Gasteiger partial charge in [0.1, 0.15) is 5.82 Å². The highest BCUT2D eigenvalue weighted by molar-refractivity contribution is 6.28. The van der Waals surface area contributed by atoms with Gasteiger partial charge in [-0.25, -0.2) is 9.97 Å². The molecule has 0 saturated carbocycles. The van der Waals surface area contributed by atoms with Gasteiger partial charge in [0.2, 0.25) is 11.2 Å². The Balaban J connectivity index is 2.00. The minimum atomic E-state index is 0.106. The number of piperidine rings is 1. The number of aryl methyl sites for hydroxylation is 1. The highest BCUT2D eigenvalue weighted by Crippen LogP contribution is 2.13. The van der Waals surface area contributed by atoms with Crippen molar-refractivity contribution < 1.29 is 4.79 Å². The van der Waals surface area contributed by atoms with Gasteiger partial charge in [0.05, 0.1) is 0 Å². The molecule has 86 valence electrons. The molecule has 2 heterocycles. The molecule has 1 unspecified atom stereocenters. The van der Waals surface area contributed by atoms with Crippen LogP contribution in [0, 0.1) is 6.92 Å². The van der Waals surface area contributed by atoms with E-state index in [2.05, 4.69) is 20.6 Å². The van der Waals surface area contributed by atoms with Gasteiger partial charge in [0.15, 0.2) is 0 Å². The van der Waals surface area contributed by atoms with Crippen molar-refractivity contribution in [3.8, 4) is 0 Å². The van der Waals surface area contributed by atoms with Gasteiger partial charge in [-0.2, -0.15) is 0 Å². The van der Waals surface area contributed by atoms with Crippen LogP contribution in [0.4, 0.5) is 5.82 Å². The van der Waals surface area contributed by atoms with Crippen LogP contribution >= 0.6 is 11.6 Å². The number of hydrogen-bond acceptors (Lipinski definition) is 4. The van der Waals surface area contributed by atoms with Gasteiger partial charge in [0.25, 0.3) is 0 Å². The molecule has 5 nitrogen and oxygen atoms in total. The van der Waals surface area contributed by atoms with Crippen molar-refractivity contribution in [3.05, 3.63) is 17.0 Å². The van der Waals surface area contributed by atoms with Crippen molar-refractivity contribution in [1.29, 1.82) is 0 Å². The lowest BCUT2D eigenvalue weighted by atomic mass is 10.1. The Morgan fingerprint density at radius 1 is 1.56 bits per heavy atom. The third-order valence-electron chi connectivity index (χ3n) is 2.44. The molecule has 0 bridgehead atoms. The molecule has 1 aromatic rings. The fourth-order valence-electron chi connectivity index (χ4n) is 1.67. The van der Waals surface area contributed by atoms with Crippen molar-refractivity contribution in [2.75, 3.05) is 11.9 Å². The van der Waals surface area contributed by atoms with E-state index < -0.39 is 0 Å². The smallest absolute Gasteiger partial charge is 0.224 e. The van der Waals surface area contributed by atoms with E-state index in [9.17, 15) is 4.79 Å². The molecule has 2 N–H and O–H groups in total. The molecular weight excluding hydrogens is 228 g/mol. The highest BCUT2D eigenvalue weighted by Gasteiger charge is 2.18. The third-order valence-corrected chi connectivity index (χ3v) is 2.61. The Morgan fingerprint density at radius 3 is 3.00 bits per heavy atom. The lowest BCUT2D eigenvalue weighted by molar-refractivity contribution is -0.122. The Bertz CT molecular complexity index is 380. The summed E-state index contributed by atoms with van der Waals surface area (Å²) in [6.45, 7) is 2.49. The maximum atomic E-state index is 11.0. The van der Waals surface area contributed by atoms with Crippen molar-refractivity contribution >= 4 is 23.3 Å². The Kier molecular flexibility index (Phi) is 3.24. The van der Waals surface area contributed by atoms with Gasteiger partial charge in [-0.3, -0.25) is 4.79 Å². The van der Waals surface area contributed by atoms with Crippen LogP contribution in [0.2, 0.25) is 5.28 Å². The number of rotatable bonds is 2. The van der Waals surface area contributed by atoms with Crippen LogP contribution in [-0.4, -0.2) is 28.5 Å². The van der Waals surface area contributed by atoms with E-state index in [0.29, 0.717) is 18.8 Å². The summed E-state index contributed by atoms with van der Waals surface area (Å²) in [5.41, 5.74) is 0.822. The molecule has 0 radical (unpaired) electrons. The van der Waals surface area contributed by atoms with Crippen LogP contribution in [0.15, 0.2) is 6.07 Å². The second-order valence-electron chi connectivity index (χ2n) is 3.85. The fourth-order valence-corrected chi connectivity index (χ4v) is 1.90. The number of amides is 1. The third kappa shape index (κ3) is 2.82. The lowest BCUT2D eigenvalue weighted by Crippen LogP contribution is -2.42. The van der Waals surface area contributed by atoms with E-state index in [1.165, 1.54) is 0 Å². The molecule has 1 aliphatic heterocycles. The molecule has 6 heteroatoms. The summed E-state index contributed by atoms with van der Waals surface area (Å²) in [6.07, 6.45) is 1.36. The molecule has 2 rings (SSSR count). The van der Waals surface area contributed by atoms with Gasteiger partial charge in [-0.15, -0.1) is 0 Å². The maximum absolute atomic E-state index is 11.0. The average Bonchev–Trinajstić information content (AvgIpc) is 2.20. The van der Waals surface area contributed by atoms with Crippen molar-refractivity contribution in [2.45, 2.75) is 25.8 Å². The Hall–Kier alpha value is -1.36. The summed E-state index contributed by atoms with van der Waals surface area (Å²) in [5, 5.41) is 6.27. The van der Waals surface area contributed by atoms with Gasteiger partial charge in [-0.1, -0.05) is 0 Å². The number of hydrogen-bond donors (Lipinski definition) is 2. The predicted octanol–water partition coefficient (Wildman–Crippen LogP) is 1.13. The summed E-state index contributed by atoms with van der Waals surface area (Å²) in [5.74, 6) is 0.814. The number of nitrogens with zero attached hydrogens (tertiary/aromatic N) is 2. The lowest BCUT2D eigenvalue weighted by Gasteiger charge is -2.23. The van der Waals surface area contributed by atoms with Gasteiger partial charge < -0.3 is 10.6 Å². The average molecular weight is 241 g/mol. The maximum Gasteiger partial charge on any atom is 0.224 e. The number of nitrogens with one attached hydrogen (secondary N) is 2. The highest BCUT2D eigenvalue weighted by atomic mass is 35.5. The van der Waals surface area contributed by atoms with Crippen LogP contribution in [0.25, 0.3) is 0 Å². The van der Waals surface area contributed by atoms with E-state index in [1.54, 1.807) is 0 Å². The van der Waals surface area contributed by atoms with Gasteiger partial charge in [0, 0.05) is 30.8 Å². The summed E-state index contributed by atoms with van der Waals surface area (Å²) in [4.78, 5) is 19.0. The first-order valence-electron chi connectivity index (χ1n) is 5.18. The first kappa shape index (κ1) is 11.1. The summed E-state index contributed by atoms with van der Waals surface area (Å²) in [7, 11) is 0. The van der Waals surface area contributed by atoms with Gasteiger partial charge in [-0.05, 0) is 24.9 Å². The van der Waals surface area contributed by atoms with E-state index in [4.69, 9.17) is 11.6 Å². The quantitative estimate of drug-likeness (QED) is 0.761. The molecular formula is C10H13ClN4O. The standard InChI is InChI=1S/C10H13ClN4O/c1-6-4-8(15-10(11)13-6)14-7-2-3-9(16)12-5-7/h4,7H,2-3,5H2,1H3,(H,12,16)(H,13,14,15). The molecule has 0 aromatic carbocycles. The molecule has 0 spiro atoms. The second kappa shape index (κ2) is 4.65. The Labute approximate surface area is 98.6 Å². The largest absolute Gasteiger partial charge is 0.365 e. The van der Waals surface area contributed by atoms with Crippen LogP contribution in [0.5, 0.6) is 0 Å². The zero-order valence-electron chi connectivity index (χ0n) is 8.96. The minimum absolute atomic E-state index is 0.106. The van der Waals surface area contributed by atoms with E-state index in [1.807, 2.05) is 13.0 Å². The first-order chi connectivity index (χ1) is 7.63. The van der Waals surface area contributed by atoms with Crippen molar-refractivity contribution in [2.24, 2.45) is 0 Å². The predicted molar refractivity (Wildman–Crippen MR) is 61.4 cm³/mol. The molecule has 1 aliphatic rings. The molecule has 1 aromatic heterocycles. The van der Waals surface area contributed by atoms with Gasteiger partial charge >= 0.3 is 0 Å². The number of aromatic nitrogens is 2. The van der Waals surface area contributed by atoms with Crippen molar-refractivity contribution in [1.82, 2.24) is 15.3 Å². The van der Waals surface area contributed by atoms with Crippen LogP contribution < -0.4 is 10.6 Å². The summed E-state index contributed by atoms with van der Waals surface area (Å²) in [6, 6.07) is 2.05. The monoisotopic (exact) mass is 240 g/mol. The van der Waals surface area contributed by atoms with Crippen LogP contribution in [0.1, 0.15) is 18.5 Å². The number of halogens is 1. The van der Waals surface area contributed by atoms with E-state index in [-0.39, 0.29) is 17.2 Å². The molecule has 1 fully saturated rings. The molecule has 1 saturated heterocycles. The van der Waals surface area contributed by atoms with Crippen LogP contribution in [-0.2, 0) is 4.79 Å². The number of carbonyl (C=O) groups is 1. The Morgan fingerprint density at radius 2 is 2.38 bits per heavy atom. The zero-order chi connectivity index (χ0) is 11.5. The van der Waals surface area contributed by atoms with E-state index in [0.717, 1.165) is 12.1 Å². The number of anilines is 1.